The van der Waals surface area contributed by atoms with Crippen LogP contribution in [-0.2, 0) is 4.57 Å². The maximum absolute atomic E-state index is 13.1. The van der Waals surface area contributed by atoms with Gasteiger partial charge in [-0.15, -0.1) is 0 Å². The van der Waals surface area contributed by atoms with Gasteiger partial charge in [-0.1, -0.05) is 36.4 Å². The van der Waals surface area contributed by atoms with Crippen molar-refractivity contribution in [1.29, 1.82) is 0 Å². The zero-order valence-corrected chi connectivity index (χ0v) is 10.4. The van der Waals surface area contributed by atoms with Crippen molar-refractivity contribution in [3.05, 3.63) is 60.2 Å². The van der Waals surface area contributed by atoms with Crippen LogP contribution in [0.25, 0.3) is 0 Å². The van der Waals surface area contributed by atoms with Crippen molar-refractivity contribution in [2.24, 2.45) is 4.76 Å². The molecule has 3 heteroatoms. The van der Waals surface area contributed by atoms with Gasteiger partial charge in [-0.05, 0) is 25.1 Å². The number of fused-ring (bicyclic) bond motifs is 1. The number of rotatable bonds is 1. The average molecular weight is 241 g/mol. The highest BCUT2D eigenvalue weighted by molar-refractivity contribution is 7.78. The van der Waals surface area contributed by atoms with Crippen LogP contribution >= 0.6 is 7.29 Å². The smallest absolute Gasteiger partial charge is 0.248 e. The fraction of sp³-hybridized carbons (Fsp3) is 0.0714. The van der Waals surface area contributed by atoms with Crippen molar-refractivity contribution >= 4 is 23.6 Å². The van der Waals surface area contributed by atoms with Crippen LogP contribution in [0.5, 0.6) is 0 Å². The van der Waals surface area contributed by atoms with Crippen molar-refractivity contribution in [2.75, 3.05) is 0 Å². The summed E-state index contributed by atoms with van der Waals surface area (Å²) in [5.74, 6) is 0. The van der Waals surface area contributed by atoms with E-state index in [1.807, 2.05) is 61.5 Å². The molecule has 0 spiro atoms. The van der Waals surface area contributed by atoms with E-state index in [4.69, 9.17) is 0 Å². The molecule has 2 nitrogen and oxygen atoms in total. The van der Waals surface area contributed by atoms with E-state index in [1.165, 1.54) is 0 Å². The third-order valence-corrected chi connectivity index (χ3v) is 5.64. The molecule has 0 fully saturated rings. The molecule has 17 heavy (non-hydrogen) atoms. The van der Waals surface area contributed by atoms with Crippen LogP contribution in [0.2, 0.25) is 0 Å². The molecule has 1 aliphatic heterocycles. The first-order valence-corrected chi connectivity index (χ1v) is 7.20. The van der Waals surface area contributed by atoms with Gasteiger partial charge in [0, 0.05) is 21.9 Å². The van der Waals surface area contributed by atoms with Crippen LogP contribution in [0.15, 0.2) is 59.4 Å². The Morgan fingerprint density at radius 3 is 2.35 bits per heavy atom. The minimum absolute atomic E-state index is 0.810. The molecule has 0 bridgehead atoms. The first-order chi connectivity index (χ1) is 8.22. The van der Waals surface area contributed by atoms with Crippen molar-refractivity contribution < 1.29 is 4.57 Å². The summed E-state index contributed by atoms with van der Waals surface area (Å²) < 4.78 is 17.5. The molecule has 1 unspecified atom stereocenters. The Labute approximate surface area is 100 Å². The van der Waals surface area contributed by atoms with E-state index in [0.717, 1.165) is 21.9 Å². The van der Waals surface area contributed by atoms with Gasteiger partial charge in [-0.3, -0.25) is 4.57 Å². The lowest BCUT2D eigenvalue weighted by atomic mass is 10.1. The molecule has 2 aromatic carbocycles. The molecule has 0 N–H and O–H groups in total. The molecule has 1 aliphatic rings. The summed E-state index contributed by atoms with van der Waals surface area (Å²) in [6.07, 6.45) is 0. The van der Waals surface area contributed by atoms with Crippen molar-refractivity contribution in [1.82, 2.24) is 0 Å². The molecule has 0 aliphatic carbocycles. The molecule has 0 saturated heterocycles. The Kier molecular flexibility index (Phi) is 2.27. The summed E-state index contributed by atoms with van der Waals surface area (Å²) in [5, 5.41) is 1.67. The largest absolute Gasteiger partial charge is 0.288 e. The van der Waals surface area contributed by atoms with E-state index >= 15 is 0 Å². The Morgan fingerprint density at radius 1 is 0.941 bits per heavy atom. The molecule has 0 saturated carbocycles. The molecule has 1 heterocycles. The molecule has 2 aromatic rings. The standard InChI is InChI=1S/C14H12NOP/c1-11-13-9-5-6-10-14(13)17(16,15-11)12-7-3-2-4-8-12/h2-10H,1H3. The SMILES string of the molecule is CC1=NP(=O)(c2ccccc2)c2ccccc21. The summed E-state index contributed by atoms with van der Waals surface area (Å²) in [4.78, 5) is 0. The second-order valence-electron chi connectivity index (χ2n) is 4.11. The lowest BCUT2D eigenvalue weighted by Gasteiger charge is -2.10. The molecule has 0 aromatic heterocycles. The van der Waals surface area contributed by atoms with E-state index in [1.54, 1.807) is 0 Å². The van der Waals surface area contributed by atoms with E-state index in [9.17, 15) is 4.57 Å². The Bertz CT molecular complexity index is 646. The number of hydrogen-bond acceptors (Lipinski definition) is 1. The summed E-state index contributed by atoms with van der Waals surface area (Å²) >= 11 is 0. The predicted octanol–water partition coefficient (Wildman–Crippen LogP) is 2.74. The van der Waals surface area contributed by atoms with Gasteiger partial charge in [-0.25, -0.2) is 4.76 Å². The fourth-order valence-electron chi connectivity index (χ4n) is 2.19. The van der Waals surface area contributed by atoms with Crippen molar-refractivity contribution in [3.63, 3.8) is 0 Å². The Hall–Kier alpha value is -1.66. The summed E-state index contributed by atoms with van der Waals surface area (Å²) in [7, 11) is -2.78. The van der Waals surface area contributed by atoms with E-state index in [0.29, 0.717) is 0 Å². The summed E-state index contributed by atoms with van der Waals surface area (Å²) in [6.45, 7) is 1.92. The van der Waals surface area contributed by atoms with Crippen LogP contribution in [0.3, 0.4) is 0 Å². The molecular formula is C14H12NOP. The topological polar surface area (TPSA) is 29.4 Å². The minimum Gasteiger partial charge on any atom is -0.288 e. The third kappa shape index (κ3) is 1.49. The van der Waals surface area contributed by atoms with Gasteiger partial charge in [0.1, 0.15) is 0 Å². The second kappa shape index (κ2) is 3.68. The van der Waals surface area contributed by atoms with E-state index in [-0.39, 0.29) is 0 Å². The van der Waals surface area contributed by atoms with Crippen LogP contribution < -0.4 is 10.6 Å². The molecular weight excluding hydrogens is 229 g/mol. The summed E-state index contributed by atoms with van der Waals surface area (Å²) in [6, 6.07) is 17.3. The monoisotopic (exact) mass is 241 g/mol. The van der Waals surface area contributed by atoms with Crippen molar-refractivity contribution in [3.8, 4) is 0 Å². The normalized spacial score (nSPS) is 22.1. The number of hydrogen-bond donors (Lipinski definition) is 0. The highest BCUT2D eigenvalue weighted by Gasteiger charge is 2.34. The third-order valence-electron chi connectivity index (χ3n) is 3.02. The minimum atomic E-state index is -2.78. The van der Waals surface area contributed by atoms with Crippen LogP contribution in [0.4, 0.5) is 0 Å². The first-order valence-electron chi connectivity index (χ1n) is 5.54. The Balaban J connectivity index is 2.28. The zero-order chi connectivity index (χ0) is 11.9. The maximum atomic E-state index is 13.1. The van der Waals surface area contributed by atoms with Gasteiger partial charge in [-0.2, -0.15) is 0 Å². The summed E-state index contributed by atoms with van der Waals surface area (Å²) in [5.41, 5.74) is 1.88. The maximum Gasteiger partial charge on any atom is 0.248 e. The molecule has 0 radical (unpaired) electrons. The van der Waals surface area contributed by atoms with E-state index in [2.05, 4.69) is 4.76 Å². The van der Waals surface area contributed by atoms with Crippen LogP contribution in [0.1, 0.15) is 12.5 Å². The van der Waals surface area contributed by atoms with Gasteiger partial charge in [0.05, 0.1) is 0 Å². The number of nitrogens with zero attached hydrogens (tertiary/aromatic N) is 1. The fourth-order valence-corrected chi connectivity index (χ4v) is 4.65. The molecule has 1 atom stereocenters. The van der Waals surface area contributed by atoms with Gasteiger partial charge < -0.3 is 0 Å². The van der Waals surface area contributed by atoms with Crippen molar-refractivity contribution in [2.45, 2.75) is 6.92 Å². The lowest BCUT2D eigenvalue weighted by molar-refractivity contribution is 0.588. The van der Waals surface area contributed by atoms with Gasteiger partial charge in [0.15, 0.2) is 0 Å². The van der Waals surface area contributed by atoms with Crippen LogP contribution in [-0.4, -0.2) is 5.71 Å². The first kappa shape index (κ1) is 10.5. The molecule has 84 valence electrons. The quantitative estimate of drug-likeness (QED) is 0.706. The second-order valence-corrected chi connectivity index (χ2v) is 6.46. The predicted molar refractivity (Wildman–Crippen MR) is 72.0 cm³/mol. The lowest BCUT2D eigenvalue weighted by Crippen LogP contribution is -2.13. The van der Waals surface area contributed by atoms with Crippen LogP contribution in [0, 0.1) is 0 Å². The highest BCUT2D eigenvalue weighted by atomic mass is 31.2. The van der Waals surface area contributed by atoms with E-state index < -0.39 is 7.29 Å². The van der Waals surface area contributed by atoms with Gasteiger partial charge in [0.2, 0.25) is 7.29 Å². The van der Waals surface area contributed by atoms with Gasteiger partial charge >= 0.3 is 0 Å². The highest BCUT2D eigenvalue weighted by Crippen LogP contribution is 2.49. The Morgan fingerprint density at radius 2 is 1.59 bits per heavy atom. The number of benzene rings is 2. The molecule has 0 amide bonds. The molecule has 3 rings (SSSR count). The zero-order valence-electron chi connectivity index (χ0n) is 9.50. The van der Waals surface area contributed by atoms with Gasteiger partial charge in [0.25, 0.3) is 0 Å². The average Bonchev–Trinajstić information content (AvgIpc) is 2.65.